The molecule has 1 aromatic rings. The van der Waals surface area contributed by atoms with Gasteiger partial charge in [0.25, 0.3) is 0 Å². The summed E-state index contributed by atoms with van der Waals surface area (Å²) >= 11 is 1.98. The van der Waals surface area contributed by atoms with Crippen LogP contribution in [0.4, 0.5) is 0 Å². The third-order valence-corrected chi connectivity index (χ3v) is 5.61. The summed E-state index contributed by atoms with van der Waals surface area (Å²) in [6.45, 7) is 7.28. The third-order valence-electron chi connectivity index (χ3n) is 4.67. The Labute approximate surface area is 90.3 Å². The first-order chi connectivity index (χ1) is 6.64. The minimum atomic E-state index is 0.484. The van der Waals surface area contributed by atoms with Crippen LogP contribution in [0, 0.1) is 17.8 Å². The summed E-state index contributed by atoms with van der Waals surface area (Å²) in [4.78, 5) is 1.68. The van der Waals surface area contributed by atoms with E-state index in [9.17, 15) is 0 Å². The van der Waals surface area contributed by atoms with Gasteiger partial charge in [0.2, 0.25) is 0 Å². The molecule has 0 nitrogen and oxygen atoms in total. The Morgan fingerprint density at radius 1 is 1.50 bits per heavy atom. The van der Waals surface area contributed by atoms with E-state index in [1.54, 1.807) is 10.4 Å². The van der Waals surface area contributed by atoms with Crippen molar-refractivity contribution in [2.45, 2.75) is 39.0 Å². The molecular formula is C13H18S. The molecule has 1 heteroatoms. The van der Waals surface area contributed by atoms with Crippen molar-refractivity contribution in [3.63, 3.8) is 0 Å². The van der Waals surface area contributed by atoms with E-state index in [2.05, 4.69) is 32.2 Å². The highest BCUT2D eigenvalue weighted by Crippen LogP contribution is 2.61. The summed E-state index contributed by atoms with van der Waals surface area (Å²) in [7, 11) is 0. The zero-order valence-electron chi connectivity index (χ0n) is 9.21. The lowest BCUT2D eigenvalue weighted by Crippen LogP contribution is -2.34. The third kappa shape index (κ3) is 0.942. The van der Waals surface area contributed by atoms with Crippen molar-refractivity contribution in [2.24, 2.45) is 17.8 Å². The molecule has 1 fully saturated rings. The Morgan fingerprint density at radius 2 is 2.29 bits per heavy atom. The van der Waals surface area contributed by atoms with Gasteiger partial charge in [0.15, 0.2) is 0 Å². The molecule has 0 spiro atoms. The molecular weight excluding hydrogens is 188 g/mol. The quantitative estimate of drug-likeness (QED) is 0.654. The highest BCUT2D eigenvalue weighted by molar-refractivity contribution is 7.10. The number of hydrogen-bond acceptors (Lipinski definition) is 1. The van der Waals surface area contributed by atoms with Crippen LogP contribution in [0.5, 0.6) is 0 Å². The lowest BCUT2D eigenvalue weighted by atomic mass is 9.66. The van der Waals surface area contributed by atoms with Gasteiger partial charge < -0.3 is 0 Å². The van der Waals surface area contributed by atoms with E-state index >= 15 is 0 Å². The van der Waals surface area contributed by atoms with Crippen LogP contribution in [0.2, 0.25) is 0 Å². The maximum atomic E-state index is 2.49. The second-order valence-electron chi connectivity index (χ2n) is 5.50. The molecule has 0 N–H and O–H groups in total. The van der Waals surface area contributed by atoms with E-state index in [4.69, 9.17) is 0 Å². The van der Waals surface area contributed by atoms with E-state index < -0.39 is 0 Å². The summed E-state index contributed by atoms with van der Waals surface area (Å²) in [5, 5.41) is 2.29. The molecule has 3 rings (SSSR count). The average Bonchev–Trinajstić information content (AvgIpc) is 2.74. The van der Waals surface area contributed by atoms with Crippen LogP contribution < -0.4 is 0 Å². The van der Waals surface area contributed by atoms with Gasteiger partial charge in [0.1, 0.15) is 0 Å². The highest BCUT2D eigenvalue weighted by atomic mass is 32.1. The minimum Gasteiger partial charge on any atom is -0.149 e. The zero-order chi connectivity index (χ0) is 9.92. The van der Waals surface area contributed by atoms with E-state index in [1.165, 1.54) is 12.8 Å². The van der Waals surface area contributed by atoms with Crippen molar-refractivity contribution in [1.29, 1.82) is 0 Å². The molecule has 1 saturated carbocycles. The summed E-state index contributed by atoms with van der Waals surface area (Å²) in [6.07, 6.45) is 2.86. The van der Waals surface area contributed by atoms with E-state index in [0.29, 0.717) is 5.41 Å². The average molecular weight is 206 g/mol. The molecule has 1 heterocycles. The van der Waals surface area contributed by atoms with Crippen molar-refractivity contribution in [1.82, 2.24) is 0 Å². The molecule has 14 heavy (non-hydrogen) atoms. The number of hydrogen-bond donors (Lipinski definition) is 0. The van der Waals surface area contributed by atoms with E-state index in [0.717, 1.165) is 17.8 Å². The Hall–Kier alpha value is -0.300. The van der Waals surface area contributed by atoms with Crippen LogP contribution in [-0.4, -0.2) is 0 Å². The van der Waals surface area contributed by atoms with Gasteiger partial charge in [-0.3, -0.25) is 0 Å². The highest BCUT2D eigenvalue weighted by Gasteiger charge is 2.55. The predicted molar refractivity (Wildman–Crippen MR) is 61.8 cm³/mol. The SMILES string of the molecule is CC(C)C1(C)c2ccsc2CC2CC21. The molecule has 0 bridgehead atoms. The van der Waals surface area contributed by atoms with Gasteiger partial charge in [-0.25, -0.2) is 0 Å². The van der Waals surface area contributed by atoms with Crippen molar-refractivity contribution in [3.05, 3.63) is 21.9 Å². The first kappa shape index (κ1) is 8.96. The second kappa shape index (κ2) is 2.63. The van der Waals surface area contributed by atoms with Crippen LogP contribution in [-0.2, 0) is 11.8 Å². The summed E-state index contributed by atoms with van der Waals surface area (Å²) in [5.41, 5.74) is 2.16. The molecule has 2 aliphatic carbocycles. The molecule has 1 aromatic heterocycles. The van der Waals surface area contributed by atoms with Gasteiger partial charge >= 0.3 is 0 Å². The molecule has 2 aliphatic rings. The second-order valence-corrected chi connectivity index (χ2v) is 6.50. The fraction of sp³-hybridized carbons (Fsp3) is 0.692. The lowest BCUT2D eigenvalue weighted by molar-refractivity contribution is 0.267. The Morgan fingerprint density at radius 3 is 3.00 bits per heavy atom. The van der Waals surface area contributed by atoms with Gasteiger partial charge in [-0.05, 0) is 53.0 Å². The molecule has 0 aliphatic heterocycles. The van der Waals surface area contributed by atoms with Gasteiger partial charge in [0.05, 0.1) is 0 Å². The van der Waals surface area contributed by atoms with Crippen LogP contribution >= 0.6 is 11.3 Å². The largest absolute Gasteiger partial charge is 0.149 e. The fourth-order valence-corrected chi connectivity index (χ4v) is 4.46. The first-order valence-electron chi connectivity index (χ1n) is 5.71. The fourth-order valence-electron chi connectivity index (χ4n) is 3.36. The van der Waals surface area contributed by atoms with Gasteiger partial charge in [0, 0.05) is 4.88 Å². The Kier molecular flexibility index (Phi) is 1.69. The Balaban J connectivity index is 2.14. The topological polar surface area (TPSA) is 0 Å². The lowest BCUT2D eigenvalue weighted by Gasteiger charge is -2.38. The minimum absolute atomic E-state index is 0.484. The maximum absolute atomic E-state index is 2.49. The summed E-state index contributed by atoms with van der Waals surface area (Å²) in [5.74, 6) is 2.80. The van der Waals surface area contributed by atoms with E-state index in [1.807, 2.05) is 11.3 Å². The predicted octanol–water partition coefficient (Wildman–Crippen LogP) is 3.85. The van der Waals surface area contributed by atoms with Crippen LogP contribution in [0.25, 0.3) is 0 Å². The number of fused-ring (bicyclic) bond motifs is 2. The van der Waals surface area contributed by atoms with Gasteiger partial charge in [-0.1, -0.05) is 20.8 Å². The molecule has 0 saturated heterocycles. The van der Waals surface area contributed by atoms with Crippen LogP contribution in [0.1, 0.15) is 37.6 Å². The zero-order valence-corrected chi connectivity index (χ0v) is 10.0. The van der Waals surface area contributed by atoms with Crippen LogP contribution in [0.15, 0.2) is 11.4 Å². The van der Waals surface area contributed by atoms with Crippen LogP contribution in [0.3, 0.4) is 0 Å². The number of rotatable bonds is 1. The summed E-state index contributed by atoms with van der Waals surface area (Å²) in [6, 6.07) is 2.38. The summed E-state index contributed by atoms with van der Waals surface area (Å²) < 4.78 is 0. The van der Waals surface area contributed by atoms with Crippen molar-refractivity contribution in [2.75, 3.05) is 0 Å². The van der Waals surface area contributed by atoms with Gasteiger partial charge in [-0.15, -0.1) is 11.3 Å². The monoisotopic (exact) mass is 206 g/mol. The first-order valence-corrected chi connectivity index (χ1v) is 6.59. The molecule has 0 amide bonds. The molecule has 76 valence electrons. The molecule has 3 atom stereocenters. The van der Waals surface area contributed by atoms with E-state index in [-0.39, 0.29) is 0 Å². The molecule has 0 radical (unpaired) electrons. The molecule has 0 aromatic carbocycles. The van der Waals surface area contributed by atoms with Crippen molar-refractivity contribution >= 4 is 11.3 Å². The van der Waals surface area contributed by atoms with Crippen molar-refractivity contribution in [3.8, 4) is 0 Å². The molecule has 3 unspecified atom stereocenters. The smallest absolute Gasteiger partial charge is 0.00858 e. The van der Waals surface area contributed by atoms with Gasteiger partial charge in [-0.2, -0.15) is 0 Å². The maximum Gasteiger partial charge on any atom is 0.00858 e. The standard InChI is InChI=1S/C13H18S/c1-8(2)13(3)10-4-5-14-12(10)7-9-6-11(9)13/h4-5,8-9,11H,6-7H2,1-3H3. The van der Waals surface area contributed by atoms with Crippen molar-refractivity contribution < 1.29 is 0 Å². The number of thiophene rings is 1. The Bertz CT molecular complexity index is 363. The normalized spacial score (nSPS) is 39.4.